The molecule has 1 fully saturated rings. The number of nitrogens with one attached hydrogen (secondary N) is 1. The molecule has 1 aliphatic carbocycles. The van der Waals surface area contributed by atoms with Crippen LogP contribution >= 0.6 is 0 Å². The van der Waals surface area contributed by atoms with Crippen molar-refractivity contribution in [3.05, 3.63) is 36.3 Å². The van der Waals surface area contributed by atoms with Gasteiger partial charge in [-0.25, -0.2) is 9.97 Å². The summed E-state index contributed by atoms with van der Waals surface area (Å²) >= 11 is 0. The molecule has 5 heteroatoms. The average Bonchev–Trinajstić information content (AvgIpc) is 2.46. The number of hydrogen-bond acceptors (Lipinski definition) is 5. The Balaban J connectivity index is 1.67. The Bertz CT molecular complexity index is 596. The number of anilines is 1. The molecule has 5 nitrogen and oxygen atoms in total. The second-order valence-electron chi connectivity index (χ2n) is 5.48. The lowest BCUT2D eigenvalue weighted by Crippen LogP contribution is -2.34. The molecule has 0 unspecified atom stereocenters. The Kier molecular flexibility index (Phi) is 4.10. The summed E-state index contributed by atoms with van der Waals surface area (Å²) in [5, 5.41) is 3.41. The Morgan fingerprint density at radius 2 is 2.10 bits per heavy atom. The summed E-state index contributed by atoms with van der Waals surface area (Å²) in [5.41, 5.74) is 1.73. The van der Waals surface area contributed by atoms with Crippen molar-refractivity contribution in [2.45, 2.75) is 25.9 Å². The van der Waals surface area contributed by atoms with E-state index in [-0.39, 0.29) is 0 Å². The predicted molar refractivity (Wildman–Crippen MR) is 82.0 cm³/mol. The molecule has 1 aliphatic rings. The first kappa shape index (κ1) is 13.9. The molecule has 1 N–H and O–H groups in total. The molecular formula is C16H20N4O. The van der Waals surface area contributed by atoms with E-state index in [1.807, 2.05) is 31.2 Å². The van der Waals surface area contributed by atoms with E-state index in [2.05, 4.69) is 20.3 Å². The van der Waals surface area contributed by atoms with Crippen molar-refractivity contribution in [3.63, 3.8) is 0 Å². The van der Waals surface area contributed by atoms with E-state index >= 15 is 0 Å². The number of methoxy groups -OCH3 is 1. The second kappa shape index (κ2) is 6.18. The van der Waals surface area contributed by atoms with Gasteiger partial charge in [0.05, 0.1) is 17.5 Å². The van der Waals surface area contributed by atoms with Gasteiger partial charge in [-0.05, 0) is 37.8 Å². The molecule has 3 rings (SSSR count). The molecule has 0 atom stereocenters. The molecule has 21 heavy (non-hydrogen) atoms. The van der Waals surface area contributed by atoms with E-state index in [1.165, 1.54) is 0 Å². The lowest BCUT2D eigenvalue weighted by Gasteiger charge is -2.34. The Morgan fingerprint density at radius 1 is 1.24 bits per heavy atom. The SMILES string of the molecule is COC1CC(CNc2cc(-c3ccccn3)nc(C)n2)C1. The third-order valence-corrected chi connectivity index (χ3v) is 3.86. The van der Waals surface area contributed by atoms with Gasteiger partial charge in [-0.2, -0.15) is 0 Å². The van der Waals surface area contributed by atoms with E-state index in [0.717, 1.165) is 42.4 Å². The summed E-state index contributed by atoms with van der Waals surface area (Å²) in [6.45, 7) is 2.83. The lowest BCUT2D eigenvalue weighted by atomic mass is 9.82. The standard InChI is InChI=1S/C16H20N4O/c1-11-19-15(14-5-3-4-6-17-14)9-16(20-11)18-10-12-7-13(8-12)21-2/h3-6,9,12-13H,7-8,10H2,1-2H3,(H,18,19,20). The number of aryl methyl sites for hydroxylation is 1. The van der Waals surface area contributed by atoms with E-state index in [9.17, 15) is 0 Å². The monoisotopic (exact) mass is 284 g/mol. The molecule has 0 bridgehead atoms. The summed E-state index contributed by atoms with van der Waals surface area (Å²) in [7, 11) is 1.78. The van der Waals surface area contributed by atoms with Crippen LogP contribution in [0, 0.1) is 12.8 Å². The van der Waals surface area contributed by atoms with Crippen LogP contribution in [-0.2, 0) is 4.74 Å². The van der Waals surface area contributed by atoms with Gasteiger partial charge >= 0.3 is 0 Å². The third kappa shape index (κ3) is 3.36. The zero-order valence-electron chi connectivity index (χ0n) is 12.4. The van der Waals surface area contributed by atoms with Crippen LogP contribution in [0.4, 0.5) is 5.82 Å². The highest BCUT2D eigenvalue weighted by Gasteiger charge is 2.28. The molecule has 0 radical (unpaired) electrons. The minimum absolute atomic E-state index is 0.438. The van der Waals surface area contributed by atoms with Gasteiger partial charge in [-0.1, -0.05) is 6.07 Å². The zero-order chi connectivity index (χ0) is 14.7. The van der Waals surface area contributed by atoms with Crippen LogP contribution in [-0.4, -0.2) is 34.7 Å². The van der Waals surface area contributed by atoms with E-state index in [1.54, 1.807) is 13.3 Å². The lowest BCUT2D eigenvalue weighted by molar-refractivity contribution is 0.00561. The minimum atomic E-state index is 0.438. The van der Waals surface area contributed by atoms with Crippen LogP contribution in [0.15, 0.2) is 30.5 Å². The molecule has 2 heterocycles. The van der Waals surface area contributed by atoms with Gasteiger partial charge in [0.2, 0.25) is 0 Å². The minimum Gasteiger partial charge on any atom is -0.381 e. The largest absolute Gasteiger partial charge is 0.381 e. The molecule has 0 spiro atoms. The van der Waals surface area contributed by atoms with Gasteiger partial charge < -0.3 is 10.1 Å². The van der Waals surface area contributed by atoms with Crippen molar-refractivity contribution in [3.8, 4) is 11.4 Å². The van der Waals surface area contributed by atoms with Crippen LogP contribution in [0.3, 0.4) is 0 Å². The van der Waals surface area contributed by atoms with Gasteiger partial charge in [0.15, 0.2) is 0 Å². The molecule has 0 amide bonds. The molecule has 0 aliphatic heterocycles. The summed E-state index contributed by atoms with van der Waals surface area (Å²) < 4.78 is 5.30. The van der Waals surface area contributed by atoms with Crippen molar-refractivity contribution in [2.75, 3.05) is 19.0 Å². The fraction of sp³-hybridized carbons (Fsp3) is 0.438. The normalized spacial score (nSPS) is 20.9. The second-order valence-corrected chi connectivity index (χ2v) is 5.48. The van der Waals surface area contributed by atoms with Crippen LogP contribution in [0.2, 0.25) is 0 Å². The highest BCUT2D eigenvalue weighted by Crippen LogP contribution is 2.29. The smallest absolute Gasteiger partial charge is 0.130 e. The van der Waals surface area contributed by atoms with E-state index in [4.69, 9.17) is 4.74 Å². The third-order valence-electron chi connectivity index (χ3n) is 3.86. The number of aromatic nitrogens is 3. The van der Waals surface area contributed by atoms with Crippen LogP contribution in [0.5, 0.6) is 0 Å². The number of rotatable bonds is 5. The first-order valence-electron chi connectivity index (χ1n) is 7.28. The molecular weight excluding hydrogens is 264 g/mol. The van der Waals surface area contributed by atoms with Gasteiger partial charge in [-0.15, -0.1) is 0 Å². The predicted octanol–water partition coefficient (Wildman–Crippen LogP) is 2.68. The Hall–Kier alpha value is -2.01. The fourth-order valence-electron chi connectivity index (χ4n) is 2.59. The van der Waals surface area contributed by atoms with Crippen molar-refractivity contribution >= 4 is 5.82 Å². The average molecular weight is 284 g/mol. The molecule has 1 saturated carbocycles. The van der Waals surface area contributed by atoms with Crippen LogP contribution in [0.1, 0.15) is 18.7 Å². The fourth-order valence-corrected chi connectivity index (χ4v) is 2.59. The van der Waals surface area contributed by atoms with Gasteiger partial charge in [0, 0.05) is 25.9 Å². The zero-order valence-corrected chi connectivity index (χ0v) is 12.4. The highest BCUT2D eigenvalue weighted by atomic mass is 16.5. The summed E-state index contributed by atoms with van der Waals surface area (Å²) in [5.74, 6) is 2.29. The van der Waals surface area contributed by atoms with Crippen LogP contribution < -0.4 is 5.32 Å². The quantitative estimate of drug-likeness (QED) is 0.914. The van der Waals surface area contributed by atoms with E-state index < -0.39 is 0 Å². The highest BCUT2D eigenvalue weighted by molar-refractivity contribution is 5.58. The Morgan fingerprint density at radius 3 is 2.81 bits per heavy atom. The molecule has 2 aromatic rings. The van der Waals surface area contributed by atoms with Gasteiger partial charge in [-0.3, -0.25) is 4.98 Å². The van der Waals surface area contributed by atoms with Crippen molar-refractivity contribution in [1.29, 1.82) is 0 Å². The number of hydrogen-bond donors (Lipinski definition) is 1. The molecule has 2 aromatic heterocycles. The van der Waals surface area contributed by atoms with Crippen molar-refractivity contribution in [1.82, 2.24) is 15.0 Å². The number of ether oxygens (including phenoxy) is 1. The Labute approximate surface area is 124 Å². The number of pyridine rings is 1. The van der Waals surface area contributed by atoms with Crippen molar-refractivity contribution in [2.24, 2.45) is 5.92 Å². The summed E-state index contributed by atoms with van der Waals surface area (Å²) in [6.07, 6.45) is 4.47. The molecule has 0 aromatic carbocycles. The van der Waals surface area contributed by atoms with Crippen LogP contribution in [0.25, 0.3) is 11.4 Å². The van der Waals surface area contributed by atoms with Crippen molar-refractivity contribution < 1.29 is 4.74 Å². The maximum absolute atomic E-state index is 5.30. The van der Waals surface area contributed by atoms with E-state index in [0.29, 0.717) is 12.0 Å². The first-order valence-corrected chi connectivity index (χ1v) is 7.28. The first-order chi connectivity index (χ1) is 10.2. The maximum Gasteiger partial charge on any atom is 0.130 e. The topological polar surface area (TPSA) is 59.9 Å². The molecule has 110 valence electrons. The maximum atomic E-state index is 5.30. The summed E-state index contributed by atoms with van der Waals surface area (Å²) in [6, 6.07) is 7.79. The number of nitrogens with zero attached hydrogens (tertiary/aromatic N) is 3. The van der Waals surface area contributed by atoms with Gasteiger partial charge in [0.25, 0.3) is 0 Å². The summed E-state index contributed by atoms with van der Waals surface area (Å²) in [4.78, 5) is 13.2. The van der Waals surface area contributed by atoms with Gasteiger partial charge in [0.1, 0.15) is 11.6 Å². The molecule has 0 saturated heterocycles.